The fourth-order valence-electron chi connectivity index (χ4n) is 5.10. The Morgan fingerprint density at radius 2 is 1.09 bits per heavy atom. The van der Waals surface area contributed by atoms with Crippen molar-refractivity contribution in [1.82, 2.24) is 0 Å². The van der Waals surface area contributed by atoms with Crippen LogP contribution in [-0.4, -0.2) is 10.7 Å². The molecule has 4 aromatic carbocycles. The molecule has 2 nitrogen and oxygen atoms in total. The van der Waals surface area contributed by atoms with Crippen LogP contribution in [0.3, 0.4) is 0 Å². The first-order chi connectivity index (χ1) is 16.3. The van der Waals surface area contributed by atoms with E-state index in [9.17, 15) is 4.79 Å². The molecule has 1 aliphatic heterocycles. The van der Waals surface area contributed by atoms with Gasteiger partial charge in [-0.25, -0.2) is 0 Å². The minimum absolute atomic E-state index is 0.131. The highest BCUT2D eigenvalue weighted by molar-refractivity contribution is 8.06. The van der Waals surface area contributed by atoms with Crippen molar-refractivity contribution in [2.45, 2.75) is 16.6 Å². The average Bonchev–Trinajstić information content (AvgIpc) is 3.47. The summed E-state index contributed by atoms with van der Waals surface area (Å²) in [5, 5.41) is 0.983. The van der Waals surface area contributed by atoms with Gasteiger partial charge in [0.05, 0.1) is 5.03 Å². The lowest BCUT2D eigenvalue weighted by Gasteiger charge is -2.17. The monoisotopic (exact) mass is 445 g/mol. The van der Waals surface area contributed by atoms with Gasteiger partial charge in [0, 0.05) is 17.5 Å². The molecule has 2 aliphatic rings. The average molecular weight is 446 g/mol. The molecule has 1 saturated carbocycles. The lowest BCUT2D eigenvalue weighted by molar-refractivity contribution is -0.118. The van der Waals surface area contributed by atoms with E-state index in [2.05, 4.69) is 66.7 Å². The molecule has 160 valence electrons. The predicted octanol–water partition coefficient (Wildman–Crippen LogP) is 7.09. The summed E-state index contributed by atoms with van der Waals surface area (Å²) < 4.78 is -0.542. The smallest absolute Gasteiger partial charge is 0.249 e. The van der Waals surface area contributed by atoms with Gasteiger partial charge in [-0.3, -0.25) is 9.69 Å². The first-order valence-electron chi connectivity index (χ1n) is 11.2. The Labute approximate surface area is 198 Å². The van der Waals surface area contributed by atoms with Crippen molar-refractivity contribution in [1.29, 1.82) is 0 Å². The molecule has 6 rings (SSSR count). The van der Waals surface area contributed by atoms with Crippen molar-refractivity contribution in [2.24, 2.45) is 0 Å². The number of carbonyl (C=O) groups excluding carboxylic acids is 1. The molecule has 0 N–H and O–H groups in total. The van der Waals surface area contributed by atoms with Gasteiger partial charge in [0.1, 0.15) is 4.75 Å². The molecule has 0 aromatic heterocycles. The lowest BCUT2D eigenvalue weighted by atomic mass is 10.0. The Balaban J connectivity index is 1.51. The Kier molecular flexibility index (Phi) is 4.92. The number of anilines is 1. The molecule has 1 amide bonds. The van der Waals surface area contributed by atoms with Crippen LogP contribution in [0.1, 0.15) is 28.5 Å². The first-order valence-corrected chi connectivity index (χ1v) is 12.1. The number of rotatable bonds is 4. The Bertz CT molecular complexity index is 1260. The van der Waals surface area contributed by atoms with Crippen LogP contribution in [0.5, 0.6) is 0 Å². The molecular formula is C30H23NOS. The second-order valence-electron chi connectivity index (χ2n) is 8.54. The van der Waals surface area contributed by atoms with E-state index < -0.39 is 4.75 Å². The van der Waals surface area contributed by atoms with E-state index in [1.54, 1.807) is 11.8 Å². The maximum Gasteiger partial charge on any atom is 0.249 e. The quantitative estimate of drug-likeness (QED) is 0.334. The Hall–Kier alpha value is -3.56. The maximum absolute atomic E-state index is 14.3. The van der Waals surface area contributed by atoms with Crippen molar-refractivity contribution in [3.05, 3.63) is 143 Å². The summed E-state index contributed by atoms with van der Waals surface area (Å²) in [5.74, 6) is 0.432. The molecule has 3 heteroatoms. The maximum atomic E-state index is 14.3. The van der Waals surface area contributed by atoms with Crippen LogP contribution in [0.15, 0.2) is 126 Å². The minimum atomic E-state index is -0.542. The minimum Gasteiger partial charge on any atom is -0.274 e. The number of para-hydroxylation sites is 1. The molecule has 4 aromatic rings. The zero-order chi connectivity index (χ0) is 22.3. The third-order valence-electron chi connectivity index (χ3n) is 6.60. The van der Waals surface area contributed by atoms with Crippen molar-refractivity contribution in [3.63, 3.8) is 0 Å². The van der Waals surface area contributed by atoms with Gasteiger partial charge in [-0.2, -0.15) is 0 Å². The van der Waals surface area contributed by atoms with Crippen molar-refractivity contribution in [2.75, 3.05) is 4.90 Å². The van der Waals surface area contributed by atoms with Crippen LogP contribution >= 0.6 is 11.8 Å². The summed E-state index contributed by atoms with van der Waals surface area (Å²) >= 11 is 1.73. The Morgan fingerprint density at radius 1 is 0.636 bits per heavy atom. The molecule has 1 heterocycles. The molecular weight excluding hydrogens is 422 g/mol. The number of carbonyl (C=O) groups is 1. The number of amides is 1. The van der Waals surface area contributed by atoms with Crippen LogP contribution < -0.4 is 4.90 Å². The summed E-state index contributed by atoms with van der Waals surface area (Å²) in [4.78, 5) is 16.2. The number of benzene rings is 4. The van der Waals surface area contributed by atoms with Gasteiger partial charge in [0.15, 0.2) is 0 Å². The van der Waals surface area contributed by atoms with E-state index in [0.29, 0.717) is 0 Å². The van der Waals surface area contributed by atoms with Crippen molar-refractivity contribution < 1.29 is 4.79 Å². The molecule has 1 aliphatic carbocycles. The van der Waals surface area contributed by atoms with Crippen LogP contribution in [0.2, 0.25) is 0 Å². The summed E-state index contributed by atoms with van der Waals surface area (Å²) in [6.45, 7) is 0. The van der Waals surface area contributed by atoms with Gasteiger partial charge >= 0.3 is 0 Å². The molecule has 0 unspecified atom stereocenters. The standard InChI is InChI=1S/C30H23NOS/c32-29-30(27(23-15-7-2-8-16-23)28(30)24-17-9-3-10-18-24)33-26(21-22-13-5-1-6-14-22)31(29)25-19-11-4-12-20-25/h1-21,27-28H/b26-21-/t27-,28-/m0/s1. The summed E-state index contributed by atoms with van der Waals surface area (Å²) in [6.07, 6.45) is 2.15. The zero-order valence-corrected chi connectivity index (χ0v) is 18.9. The highest BCUT2D eigenvalue weighted by Crippen LogP contribution is 2.75. The number of hydrogen-bond donors (Lipinski definition) is 0. The van der Waals surface area contributed by atoms with Gasteiger partial charge in [-0.05, 0) is 34.9 Å². The summed E-state index contributed by atoms with van der Waals surface area (Å²) in [6, 6.07) is 41.3. The van der Waals surface area contributed by atoms with Crippen LogP contribution in [0, 0.1) is 0 Å². The number of thioether (sulfide) groups is 1. The van der Waals surface area contributed by atoms with Gasteiger partial charge in [-0.15, -0.1) is 0 Å². The largest absolute Gasteiger partial charge is 0.274 e. The molecule has 1 spiro atoms. The van der Waals surface area contributed by atoms with Crippen LogP contribution in [0.25, 0.3) is 6.08 Å². The van der Waals surface area contributed by atoms with E-state index >= 15 is 0 Å². The van der Waals surface area contributed by atoms with Crippen LogP contribution in [-0.2, 0) is 4.79 Å². The second kappa shape index (κ2) is 8.09. The number of nitrogens with zero attached hydrogens (tertiary/aromatic N) is 1. The highest BCUT2D eigenvalue weighted by Gasteiger charge is 2.75. The SMILES string of the molecule is O=C1N(c2ccccc2)/C(=C/c2ccccc2)SC12[C@@H](c1ccccc1)[C@@H]2c1ccccc1. The predicted molar refractivity (Wildman–Crippen MR) is 137 cm³/mol. The van der Waals surface area contributed by atoms with Crippen LogP contribution in [0.4, 0.5) is 5.69 Å². The molecule has 33 heavy (non-hydrogen) atoms. The summed E-state index contributed by atoms with van der Waals surface area (Å²) in [5.41, 5.74) is 4.46. The van der Waals surface area contributed by atoms with Crippen molar-refractivity contribution in [3.8, 4) is 0 Å². The fraction of sp³-hybridized carbons (Fsp3) is 0.100. The third-order valence-corrected chi connectivity index (χ3v) is 8.13. The molecule has 2 fully saturated rings. The first kappa shape index (κ1) is 20.1. The topological polar surface area (TPSA) is 20.3 Å². The normalized spacial score (nSPS) is 25.0. The van der Waals surface area contributed by atoms with Gasteiger partial charge in [0.25, 0.3) is 0 Å². The van der Waals surface area contributed by atoms with E-state index in [1.165, 1.54) is 11.1 Å². The van der Waals surface area contributed by atoms with Crippen molar-refractivity contribution >= 4 is 29.4 Å². The Morgan fingerprint density at radius 3 is 1.61 bits per heavy atom. The van der Waals surface area contributed by atoms with Gasteiger partial charge in [0.2, 0.25) is 5.91 Å². The third kappa shape index (κ3) is 3.32. The highest BCUT2D eigenvalue weighted by atomic mass is 32.2. The lowest BCUT2D eigenvalue weighted by Crippen LogP contribution is -2.31. The fourth-order valence-corrected chi connectivity index (χ4v) is 6.83. The molecule has 1 saturated heterocycles. The van der Waals surface area contributed by atoms with E-state index in [1.807, 2.05) is 65.6 Å². The van der Waals surface area contributed by atoms with E-state index in [0.717, 1.165) is 16.3 Å². The van der Waals surface area contributed by atoms with E-state index in [-0.39, 0.29) is 17.7 Å². The van der Waals surface area contributed by atoms with Gasteiger partial charge in [-0.1, -0.05) is 121 Å². The van der Waals surface area contributed by atoms with E-state index in [4.69, 9.17) is 0 Å². The molecule has 0 radical (unpaired) electrons. The second-order valence-corrected chi connectivity index (χ2v) is 9.84. The molecule has 2 atom stereocenters. The number of hydrogen-bond acceptors (Lipinski definition) is 2. The van der Waals surface area contributed by atoms with Gasteiger partial charge < -0.3 is 0 Å². The zero-order valence-electron chi connectivity index (χ0n) is 18.0. The molecule has 0 bridgehead atoms. The summed E-state index contributed by atoms with van der Waals surface area (Å²) in [7, 11) is 0.